The summed E-state index contributed by atoms with van der Waals surface area (Å²) in [7, 11) is 0. The molecule has 0 spiro atoms. The minimum atomic E-state index is 0.932. The monoisotopic (exact) mass is 175 g/mol. The van der Waals surface area contributed by atoms with Crippen LogP contribution in [0.4, 0.5) is 5.69 Å². The van der Waals surface area contributed by atoms with Crippen LogP contribution in [0.1, 0.15) is 24.8 Å². The summed E-state index contributed by atoms with van der Waals surface area (Å²) in [6.07, 6.45) is 4.26. The van der Waals surface area contributed by atoms with Crippen LogP contribution in [0.2, 0.25) is 0 Å². The van der Waals surface area contributed by atoms with Gasteiger partial charge in [0.15, 0.2) is 0 Å². The van der Waals surface area contributed by atoms with E-state index >= 15 is 0 Å². The average Bonchev–Trinajstić information content (AvgIpc) is 2.05. The Morgan fingerprint density at radius 3 is 2.46 bits per heavy atom. The molecular weight excluding hydrogens is 158 g/mol. The van der Waals surface area contributed by atoms with Crippen molar-refractivity contribution < 1.29 is 0 Å². The highest BCUT2D eigenvalue weighted by atomic mass is 14.9. The minimum absolute atomic E-state index is 0.932. The molecule has 0 radical (unpaired) electrons. The van der Waals surface area contributed by atoms with Crippen molar-refractivity contribution in [3.05, 3.63) is 29.8 Å². The highest BCUT2D eigenvalue weighted by Gasteiger charge is 2.16. The van der Waals surface area contributed by atoms with E-state index in [2.05, 4.69) is 36.5 Å². The lowest BCUT2D eigenvalue weighted by Gasteiger charge is -2.25. The molecule has 0 unspecified atom stereocenters. The number of hydrogen-bond donors (Lipinski definition) is 1. The predicted molar refractivity (Wildman–Crippen MR) is 57.0 cm³/mol. The molecule has 1 aliphatic rings. The molecule has 0 aliphatic heterocycles. The lowest BCUT2D eigenvalue weighted by molar-refractivity contribution is 0.333. The van der Waals surface area contributed by atoms with E-state index in [9.17, 15) is 0 Å². The van der Waals surface area contributed by atoms with Gasteiger partial charge in [-0.1, -0.05) is 24.1 Å². The van der Waals surface area contributed by atoms with Gasteiger partial charge in [-0.05, 0) is 37.8 Å². The SMILES string of the molecule is Cc1ccc(NCC2CCC2)cc1. The first-order chi connectivity index (χ1) is 6.34. The Balaban J connectivity index is 1.83. The van der Waals surface area contributed by atoms with E-state index in [4.69, 9.17) is 0 Å². The van der Waals surface area contributed by atoms with E-state index in [1.54, 1.807) is 0 Å². The average molecular weight is 175 g/mol. The number of nitrogens with one attached hydrogen (secondary N) is 1. The van der Waals surface area contributed by atoms with Gasteiger partial charge in [0.2, 0.25) is 0 Å². The van der Waals surface area contributed by atoms with Crippen molar-refractivity contribution in [1.29, 1.82) is 0 Å². The Morgan fingerprint density at radius 1 is 1.23 bits per heavy atom. The first kappa shape index (κ1) is 8.61. The zero-order valence-electron chi connectivity index (χ0n) is 8.22. The second-order valence-electron chi connectivity index (χ2n) is 4.04. The fraction of sp³-hybridized carbons (Fsp3) is 0.500. The molecule has 1 fully saturated rings. The Labute approximate surface area is 80.2 Å². The van der Waals surface area contributed by atoms with E-state index in [0.29, 0.717) is 0 Å². The van der Waals surface area contributed by atoms with Crippen LogP contribution in [-0.2, 0) is 0 Å². The molecule has 1 heteroatoms. The fourth-order valence-electron chi connectivity index (χ4n) is 1.63. The number of rotatable bonds is 3. The number of anilines is 1. The van der Waals surface area contributed by atoms with E-state index in [0.717, 1.165) is 12.5 Å². The molecular formula is C12H17N. The van der Waals surface area contributed by atoms with E-state index < -0.39 is 0 Å². The van der Waals surface area contributed by atoms with E-state index in [1.807, 2.05) is 0 Å². The lowest BCUT2D eigenvalue weighted by Crippen LogP contribution is -2.20. The highest BCUT2D eigenvalue weighted by molar-refractivity contribution is 5.44. The third-order valence-electron chi connectivity index (χ3n) is 2.87. The molecule has 1 saturated carbocycles. The Kier molecular flexibility index (Phi) is 2.53. The summed E-state index contributed by atoms with van der Waals surface area (Å²) in [6.45, 7) is 3.28. The molecule has 1 N–H and O–H groups in total. The first-order valence-electron chi connectivity index (χ1n) is 5.15. The molecule has 1 aliphatic carbocycles. The molecule has 0 amide bonds. The number of benzene rings is 1. The summed E-state index contributed by atoms with van der Waals surface area (Å²) in [6, 6.07) is 8.63. The maximum atomic E-state index is 3.47. The third-order valence-corrected chi connectivity index (χ3v) is 2.87. The van der Waals surface area contributed by atoms with Crippen molar-refractivity contribution in [2.75, 3.05) is 11.9 Å². The largest absolute Gasteiger partial charge is 0.385 e. The van der Waals surface area contributed by atoms with Crippen molar-refractivity contribution in [2.45, 2.75) is 26.2 Å². The van der Waals surface area contributed by atoms with Crippen LogP contribution >= 0.6 is 0 Å². The Bertz CT molecular complexity index is 259. The number of aryl methyl sites for hydroxylation is 1. The Hall–Kier alpha value is -0.980. The second kappa shape index (κ2) is 3.82. The summed E-state index contributed by atoms with van der Waals surface area (Å²) in [5, 5.41) is 3.47. The fourth-order valence-corrected chi connectivity index (χ4v) is 1.63. The Morgan fingerprint density at radius 2 is 1.92 bits per heavy atom. The van der Waals surface area contributed by atoms with Gasteiger partial charge in [0.1, 0.15) is 0 Å². The second-order valence-corrected chi connectivity index (χ2v) is 4.04. The molecule has 0 bridgehead atoms. The van der Waals surface area contributed by atoms with Crippen LogP contribution in [0.5, 0.6) is 0 Å². The molecule has 1 aromatic carbocycles. The van der Waals surface area contributed by atoms with Crippen LogP contribution in [0.3, 0.4) is 0 Å². The lowest BCUT2D eigenvalue weighted by atomic mass is 9.85. The maximum absolute atomic E-state index is 3.47. The van der Waals surface area contributed by atoms with E-state index in [1.165, 1.54) is 30.5 Å². The first-order valence-corrected chi connectivity index (χ1v) is 5.15. The van der Waals surface area contributed by atoms with Gasteiger partial charge in [0, 0.05) is 12.2 Å². The molecule has 1 aromatic rings. The highest BCUT2D eigenvalue weighted by Crippen LogP contribution is 2.26. The van der Waals surface area contributed by atoms with Crippen molar-refractivity contribution >= 4 is 5.69 Å². The van der Waals surface area contributed by atoms with Gasteiger partial charge in [-0.2, -0.15) is 0 Å². The summed E-state index contributed by atoms with van der Waals surface area (Å²) >= 11 is 0. The summed E-state index contributed by atoms with van der Waals surface area (Å²) in [5.74, 6) is 0.932. The third kappa shape index (κ3) is 2.24. The molecule has 0 heterocycles. The summed E-state index contributed by atoms with van der Waals surface area (Å²) in [5.41, 5.74) is 2.59. The summed E-state index contributed by atoms with van der Waals surface area (Å²) < 4.78 is 0. The summed E-state index contributed by atoms with van der Waals surface area (Å²) in [4.78, 5) is 0. The molecule has 1 nitrogen and oxygen atoms in total. The van der Waals surface area contributed by atoms with Crippen LogP contribution in [0, 0.1) is 12.8 Å². The van der Waals surface area contributed by atoms with Gasteiger partial charge in [-0.3, -0.25) is 0 Å². The zero-order valence-corrected chi connectivity index (χ0v) is 8.22. The predicted octanol–water partition coefficient (Wildman–Crippen LogP) is 3.21. The topological polar surface area (TPSA) is 12.0 Å². The standard InChI is InChI=1S/C12H17N/c1-10-5-7-12(8-6-10)13-9-11-3-2-4-11/h5-8,11,13H,2-4,9H2,1H3. The number of hydrogen-bond acceptors (Lipinski definition) is 1. The maximum Gasteiger partial charge on any atom is 0.0340 e. The van der Waals surface area contributed by atoms with E-state index in [-0.39, 0.29) is 0 Å². The van der Waals surface area contributed by atoms with Crippen molar-refractivity contribution in [2.24, 2.45) is 5.92 Å². The van der Waals surface area contributed by atoms with Crippen molar-refractivity contribution in [1.82, 2.24) is 0 Å². The van der Waals surface area contributed by atoms with Gasteiger partial charge in [0.05, 0.1) is 0 Å². The van der Waals surface area contributed by atoms with Crippen molar-refractivity contribution in [3.63, 3.8) is 0 Å². The van der Waals surface area contributed by atoms with Gasteiger partial charge < -0.3 is 5.32 Å². The van der Waals surface area contributed by atoms with Crippen LogP contribution < -0.4 is 5.32 Å². The van der Waals surface area contributed by atoms with Crippen LogP contribution in [-0.4, -0.2) is 6.54 Å². The van der Waals surface area contributed by atoms with Gasteiger partial charge >= 0.3 is 0 Å². The minimum Gasteiger partial charge on any atom is -0.385 e. The van der Waals surface area contributed by atoms with Gasteiger partial charge in [-0.15, -0.1) is 0 Å². The van der Waals surface area contributed by atoms with Crippen LogP contribution in [0.15, 0.2) is 24.3 Å². The van der Waals surface area contributed by atoms with Crippen LogP contribution in [0.25, 0.3) is 0 Å². The van der Waals surface area contributed by atoms with Gasteiger partial charge in [0.25, 0.3) is 0 Å². The molecule has 70 valence electrons. The van der Waals surface area contributed by atoms with Gasteiger partial charge in [-0.25, -0.2) is 0 Å². The molecule has 13 heavy (non-hydrogen) atoms. The normalized spacial score (nSPS) is 16.7. The smallest absolute Gasteiger partial charge is 0.0340 e. The zero-order chi connectivity index (χ0) is 9.10. The molecule has 0 atom stereocenters. The van der Waals surface area contributed by atoms with Crippen molar-refractivity contribution in [3.8, 4) is 0 Å². The quantitative estimate of drug-likeness (QED) is 0.743. The molecule has 2 rings (SSSR count). The molecule has 0 saturated heterocycles. The molecule has 0 aromatic heterocycles.